The van der Waals surface area contributed by atoms with E-state index in [0.29, 0.717) is 28.1 Å². The molecule has 0 aliphatic heterocycles. The first-order valence-corrected chi connectivity index (χ1v) is 9.23. The van der Waals surface area contributed by atoms with Gasteiger partial charge in [-0.2, -0.15) is 0 Å². The van der Waals surface area contributed by atoms with Crippen molar-refractivity contribution in [2.75, 3.05) is 18.3 Å². The average molecular weight is 474 g/mol. The third-order valence-corrected chi connectivity index (χ3v) is 4.97. The first-order valence-electron chi connectivity index (χ1n) is 7.69. The van der Waals surface area contributed by atoms with Gasteiger partial charge >= 0.3 is 0 Å². The molecule has 3 N–H and O–H groups in total. The maximum absolute atomic E-state index is 6.19. The summed E-state index contributed by atoms with van der Waals surface area (Å²) in [5.41, 5.74) is 10.3. The molecule has 0 radical (unpaired) electrons. The Morgan fingerprint density at radius 3 is 2.67 bits per heavy atom. The molecule has 0 bridgehead atoms. The van der Waals surface area contributed by atoms with Crippen molar-refractivity contribution >= 4 is 45.1 Å². The van der Waals surface area contributed by atoms with Crippen LogP contribution in [-0.2, 0) is 13.2 Å². The molecular formula is C16H15BrCl2N6O2. The predicted octanol–water partition coefficient (Wildman–Crippen LogP) is 3.66. The van der Waals surface area contributed by atoms with Gasteiger partial charge in [-0.05, 0) is 40.3 Å². The largest absolute Gasteiger partial charge is 0.493 e. The summed E-state index contributed by atoms with van der Waals surface area (Å²) in [5, 5.41) is 11.9. The van der Waals surface area contributed by atoms with E-state index in [1.807, 2.05) is 18.2 Å². The molecular weight excluding hydrogens is 459 g/mol. The number of nitrogens with two attached hydrogens (primary N) is 1. The van der Waals surface area contributed by atoms with Crippen LogP contribution in [0.15, 0.2) is 34.8 Å². The Morgan fingerprint density at radius 1 is 1.19 bits per heavy atom. The predicted molar refractivity (Wildman–Crippen MR) is 107 cm³/mol. The SMILES string of the molecule is COc1cc(CNn2nnnc2N)c(Br)cc1OCc1ccc(Cl)cc1Cl. The molecule has 27 heavy (non-hydrogen) atoms. The van der Waals surface area contributed by atoms with Crippen LogP contribution in [0.25, 0.3) is 0 Å². The van der Waals surface area contributed by atoms with E-state index in [-0.39, 0.29) is 12.6 Å². The number of nitrogen functional groups attached to an aromatic ring is 1. The zero-order valence-corrected chi connectivity index (χ0v) is 17.2. The second-order valence-corrected chi connectivity index (χ2v) is 7.10. The van der Waals surface area contributed by atoms with E-state index in [2.05, 4.69) is 36.9 Å². The highest BCUT2D eigenvalue weighted by Crippen LogP contribution is 2.34. The van der Waals surface area contributed by atoms with E-state index in [4.69, 9.17) is 38.4 Å². The smallest absolute Gasteiger partial charge is 0.260 e. The highest BCUT2D eigenvalue weighted by atomic mass is 79.9. The Labute approximate surface area is 173 Å². The summed E-state index contributed by atoms with van der Waals surface area (Å²) in [5.74, 6) is 1.31. The van der Waals surface area contributed by atoms with Gasteiger partial charge in [0.2, 0.25) is 0 Å². The van der Waals surface area contributed by atoms with E-state index in [9.17, 15) is 0 Å². The first-order chi connectivity index (χ1) is 13.0. The normalized spacial score (nSPS) is 10.7. The summed E-state index contributed by atoms with van der Waals surface area (Å²) in [6.45, 7) is 0.688. The maximum Gasteiger partial charge on any atom is 0.260 e. The highest BCUT2D eigenvalue weighted by Gasteiger charge is 2.12. The van der Waals surface area contributed by atoms with Crippen LogP contribution in [0.3, 0.4) is 0 Å². The molecule has 11 heteroatoms. The lowest BCUT2D eigenvalue weighted by atomic mass is 10.2. The number of rotatable bonds is 7. The number of ether oxygens (including phenoxy) is 2. The lowest BCUT2D eigenvalue weighted by Gasteiger charge is -2.15. The Morgan fingerprint density at radius 2 is 2.00 bits per heavy atom. The first kappa shape index (κ1) is 19.5. The van der Waals surface area contributed by atoms with Crippen LogP contribution in [0.1, 0.15) is 11.1 Å². The number of nitrogens with one attached hydrogen (secondary N) is 1. The standard InChI is InChI=1S/C16H15BrCl2N6O2/c1-26-14-4-10(7-21-25-16(20)22-23-24-25)12(17)6-15(14)27-8-9-2-3-11(18)5-13(9)19/h2-6,21H,7-8H2,1H3,(H2,20,22,24). The van der Waals surface area contributed by atoms with E-state index in [1.165, 1.54) is 4.79 Å². The lowest BCUT2D eigenvalue weighted by Crippen LogP contribution is -2.18. The molecule has 3 rings (SSSR count). The Hall–Kier alpha value is -2.23. The Kier molecular flexibility index (Phi) is 6.25. The number of benzene rings is 2. The fourth-order valence-electron chi connectivity index (χ4n) is 2.25. The van der Waals surface area contributed by atoms with Gasteiger partial charge in [-0.1, -0.05) is 50.3 Å². The van der Waals surface area contributed by atoms with Crippen molar-refractivity contribution < 1.29 is 9.47 Å². The molecule has 3 aromatic rings. The zero-order chi connectivity index (χ0) is 19.4. The zero-order valence-electron chi connectivity index (χ0n) is 14.1. The van der Waals surface area contributed by atoms with Crippen molar-refractivity contribution in [1.82, 2.24) is 20.3 Å². The van der Waals surface area contributed by atoms with Gasteiger partial charge < -0.3 is 20.6 Å². The quantitative estimate of drug-likeness (QED) is 0.540. The molecule has 0 spiro atoms. The van der Waals surface area contributed by atoms with Crippen molar-refractivity contribution in [3.05, 3.63) is 56.0 Å². The Balaban J connectivity index is 1.74. The van der Waals surface area contributed by atoms with Crippen LogP contribution in [0.5, 0.6) is 11.5 Å². The topological polar surface area (TPSA) is 100 Å². The molecule has 1 heterocycles. The highest BCUT2D eigenvalue weighted by molar-refractivity contribution is 9.10. The second kappa shape index (κ2) is 8.64. The van der Waals surface area contributed by atoms with E-state index in [0.717, 1.165) is 15.6 Å². The monoisotopic (exact) mass is 472 g/mol. The fraction of sp³-hybridized carbons (Fsp3) is 0.188. The fourth-order valence-corrected chi connectivity index (χ4v) is 3.17. The van der Waals surface area contributed by atoms with Gasteiger partial charge in [0.05, 0.1) is 13.7 Å². The average Bonchev–Trinajstić information content (AvgIpc) is 3.05. The van der Waals surface area contributed by atoms with Crippen molar-refractivity contribution in [1.29, 1.82) is 0 Å². The number of halogens is 3. The van der Waals surface area contributed by atoms with Gasteiger partial charge in [-0.25, -0.2) is 0 Å². The van der Waals surface area contributed by atoms with Crippen molar-refractivity contribution in [3.8, 4) is 11.5 Å². The number of methoxy groups -OCH3 is 1. The summed E-state index contributed by atoms with van der Waals surface area (Å²) in [6, 6.07) is 8.92. The minimum atomic E-state index is 0.165. The van der Waals surface area contributed by atoms with Crippen LogP contribution in [0.4, 0.5) is 5.95 Å². The lowest BCUT2D eigenvalue weighted by molar-refractivity contribution is 0.284. The number of hydrogen-bond acceptors (Lipinski definition) is 7. The molecule has 0 aliphatic rings. The molecule has 0 saturated carbocycles. The molecule has 0 saturated heterocycles. The minimum Gasteiger partial charge on any atom is -0.493 e. The second-order valence-electron chi connectivity index (χ2n) is 5.40. The molecule has 142 valence electrons. The third kappa shape index (κ3) is 4.74. The van der Waals surface area contributed by atoms with Crippen molar-refractivity contribution in [2.24, 2.45) is 0 Å². The molecule has 2 aromatic carbocycles. The molecule has 0 atom stereocenters. The third-order valence-electron chi connectivity index (χ3n) is 3.64. The molecule has 0 aliphatic carbocycles. The van der Waals surface area contributed by atoms with Gasteiger partial charge in [0.25, 0.3) is 5.95 Å². The Bertz CT molecular complexity index is 953. The number of hydrogen-bond donors (Lipinski definition) is 2. The van der Waals surface area contributed by atoms with Crippen molar-refractivity contribution in [3.63, 3.8) is 0 Å². The maximum atomic E-state index is 6.19. The number of nitrogens with zero attached hydrogens (tertiary/aromatic N) is 4. The van der Waals surface area contributed by atoms with E-state index >= 15 is 0 Å². The van der Waals surface area contributed by atoms with Gasteiger partial charge in [0.1, 0.15) is 6.61 Å². The molecule has 1 aromatic heterocycles. The molecule has 0 fully saturated rings. The molecule has 0 amide bonds. The minimum absolute atomic E-state index is 0.165. The van der Waals surface area contributed by atoms with Crippen LogP contribution in [0, 0.1) is 0 Å². The molecule has 0 unspecified atom stereocenters. The summed E-state index contributed by atoms with van der Waals surface area (Å²) >= 11 is 15.6. The summed E-state index contributed by atoms with van der Waals surface area (Å²) < 4.78 is 12.1. The number of aromatic nitrogens is 4. The van der Waals surface area contributed by atoms with E-state index < -0.39 is 0 Å². The van der Waals surface area contributed by atoms with Gasteiger partial charge in [-0.15, -0.1) is 4.79 Å². The van der Waals surface area contributed by atoms with Gasteiger partial charge in [0.15, 0.2) is 11.5 Å². The molecule has 8 nitrogen and oxygen atoms in total. The summed E-state index contributed by atoms with van der Waals surface area (Å²) in [4.78, 5) is 1.28. The van der Waals surface area contributed by atoms with Crippen LogP contribution in [-0.4, -0.2) is 27.4 Å². The summed E-state index contributed by atoms with van der Waals surface area (Å²) in [7, 11) is 1.57. The van der Waals surface area contributed by atoms with Gasteiger partial charge in [0, 0.05) is 20.1 Å². The number of tetrazole rings is 1. The van der Waals surface area contributed by atoms with Gasteiger partial charge in [-0.3, -0.25) is 0 Å². The van der Waals surface area contributed by atoms with Crippen molar-refractivity contribution in [2.45, 2.75) is 13.2 Å². The summed E-state index contributed by atoms with van der Waals surface area (Å²) in [6.07, 6.45) is 0. The van der Waals surface area contributed by atoms with E-state index in [1.54, 1.807) is 19.2 Å². The van der Waals surface area contributed by atoms with Crippen LogP contribution >= 0.6 is 39.1 Å². The van der Waals surface area contributed by atoms with Crippen LogP contribution in [0.2, 0.25) is 10.0 Å². The van der Waals surface area contributed by atoms with Crippen LogP contribution < -0.4 is 20.6 Å². The number of anilines is 1.